The molecule has 0 spiro atoms. The van der Waals surface area contributed by atoms with Crippen molar-refractivity contribution in [2.75, 3.05) is 18.9 Å². The summed E-state index contributed by atoms with van der Waals surface area (Å²) in [5, 5.41) is 3.41. The quantitative estimate of drug-likeness (QED) is 0.779. The summed E-state index contributed by atoms with van der Waals surface area (Å²) in [4.78, 5) is 14.3. The number of hydrogen-bond donors (Lipinski definition) is 0. The summed E-state index contributed by atoms with van der Waals surface area (Å²) in [6, 6.07) is 0. The van der Waals surface area contributed by atoms with Gasteiger partial charge in [0.15, 0.2) is 0 Å². The van der Waals surface area contributed by atoms with Gasteiger partial charge in [-0.2, -0.15) is 0 Å². The Kier molecular flexibility index (Phi) is 5.09. The number of hydrogen-bond acceptors (Lipinski definition) is 2. The molecule has 0 aliphatic heterocycles. The number of amides is 1. The number of carbonyl (C=O) groups is 1. The molecule has 0 saturated carbocycles. The summed E-state index contributed by atoms with van der Waals surface area (Å²) in [6.07, 6.45) is 0.949. The summed E-state index contributed by atoms with van der Waals surface area (Å²) < 4.78 is 0. The van der Waals surface area contributed by atoms with Crippen LogP contribution in [0.5, 0.6) is 0 Å². The second kappa shape index (κ2) is 5.87. The van der Waals surface area contributed by atoms with Crippen molar-refractivity contribution in [2.45, 2.75) is 13.3 Å². The smallest absolute Gasteiger partial charge is 0.265 e. The van der Waals surface area contributed by atoms with Crippen LogP contribution < -0.4 is 0 Å². The van der Waals surface area contributed by atoms with Gasteiger partial charge in [-0.05, 0) is 24.3 Å². The van der Waals surface area contributed by atoms with Gasteiger partial charge in [0.2, 0.25) is 0 Å². The standard InChI is InChI=1S/C10H13BrClNOS/c1-7-6-15-9(8(7)12)10(14)13(2)5-3-4-11/h6H,3-5H2,1-2H3. The molecule has 1 amide bonds. The first-order valence-corrected chi connectivity index (χ1v) is 7.01. The highest BCUT2D eigenvalue weighted by molar-refractivity contribution is 9.09. The van der Waals surface area contributed by atoms with Gasteiger partial charge >= 0.3 is 0 Å². The van der Waals surface area contributed by atoms with E-state index < -0.39 is 0 Å². The van der Waals surface area contributed by atoms with Crippen LogP contribution in [-0.2, 0) is 0 Å². The van der Waals surface area contributed by atoms with E-state index in [9.17, 15) is 4.79 Å². The van der Waals surface area contributed by atoms with Crippen LogP contribution in [0.15, 0.2) is 5.38 Å². The van der Waals surface area contributed by atoms with Crippen LogP contribution in [0.4, 0.5) is 0 Å². The van der Waals surface area contributed by atoms with Gasteiger partial charge in [-0.3, -0.25) is 4.79 Å². The summed E-state index contributed by atoms with van der Waals surface area (Å²) in [7, 11) is 1.80. The summed E-state index contributed by atoms with van der Waals surface area (Å²) in [5.74, 6) is 0.0130. The molecule has 1 heterocycles. The molecule has 1 aromatic heterocycles. The van der Waals surface area contributed by atoms with Crippen molar-refractivity contribution >= 4 is 44.8 Å². The molecule has 1 aromatic rings. The predicted octanol–water partition coefficient (Wildman–Crippen LogP) is 3.57. The van der Waals surface area contributed by atoms with Crippen molar-refractivity contribution in [1.29, 1.82) is 0 Å². The molecule has 0 aliphatic rings. The number of carbonyl (C=O) groups excluding carboxylic acids is 1. The Labute approximate surface area is 107 Å². The highest BCUT2D eigenvalue weighted by Gasteiger charge is 2.17. The van der Waals surface area contributed by atoms with Crippen molar-refractivity contribution in [2.24, 2.45) is 0 Å². The Morgan fingerprint density at radius 1 is 1.67 bits per heavy atom. The van der Waals surface area contributed by atoms with Gasteiger partial charge < -0.3 is 4.90 Å². The fourth-order valence-electron chi connectivity index (χ4n) is 1.15. The highest BCUT2D eigenvalue weighted by atomic mass is 79.9. The molecule has 0 unspecified atom stereocenters. The molecule has 0 bridgehead atoms. The first kappa shape index (κ1) is 13.0. The first-order valence-electron chi connectivity index (χ1n) is 4.63. The lowest BCUT2D eigenvalue weighted by atomic mass is 10.3. The van der Waals surface area contributed by atoms with Crippen LogP contribution in [0.1, 0.15) is 21.7 Å². The molecular formula is C10H13BrClNOS. The average Bonchev–Trinajstić information content (AvgIpc) is 2.55. The van der Waals surface area contributed by atoms with E-state index in [1.54, 1.807) is 11.9 Å². The van der Waals surface area contributed by atoms with Crippen LogP contribution in [0.25, 0.3) is 0 Å². The number of thiophene rings is 1. The molecule has 1 rings (SSSR count). The molecule has 0 fully saturated rings. The van der Waals surface area contributed by atoms with Gasteiger partial charge in [-0.15, -0.1) is 11.3 Å². The molecule has 0 saturated heterocycles. The topological polar surface area (TPSA) is 20.3 Å². The molecule has 2 nitrogen and oxygen atoms in total. The fourth-order valence-corrected chi connectivity index (χ4v) is 2.66. The number of rotatable bonds is 4. The largest absolute Gasteiger partial charge is 0.341 e. The van der Waals surface area contributed by atoms with Crippen molar-refractivity contribution in [3.8, 4) is 0 Å². The molecule has 0 atom stereocenters. The van der Waals surface area contributed by atoms with Gasteiger partial charge in [0.05, 0.1) is 5.02 Å². The monoisotopic (exact) mass is 309 g/mol. The lowest BCUT2D eigenvalue weighted by molar-refractivity contribution is 0.0800. The lowest BCUT2D eigenvalue weighted by Crippen LogP contribution is -2.27. The second-order valence-corrected chi connectivity index (χ2v) is 5.38. The predicted molar refractivity (Wildman–Crippen MR) is 69.4 cm³/mol. The van der Waals surface area contributed by atoms with Gasteiger partial charge in [-0.25, -0.2) is 0 Å². The minimum atomic E-state index is 0.0130. The van der Waals surface area contributed by atoms with Crippen molar-refractivity contribution in [1.82, 2.24) is 4.90 Å². The highest BCUT2D eigenvalue weighted by Crippen LogP contribution is 2.28. The zero-order chi connectivity index (χ0) is 11.4. The lowest BCUT2D eigenvalue weighted by Gasteiger charge is -2.15. The van der Waals surface area contributed by atoms with Crippen LogP contribution >= 0.6 is 38.9 Å². The van der Waals surface area contributed by atoms with E-state index in [0.717, 1.165) is 23.9 Å². The Balaban J connectivity index is 2.72. The number of alkyl halides is 1. The average molecular weight is 311 g/mol. The minimum Gasteiger partial charge on any atom is -0.341 e. The molecule has 84 valence electrons. The molecule has 0 aromatic carbocycles. The third-order valence-corrected chi connectivity index (χ3v) is 4.31. The SMILES string of the molecule is Cc1csc(C(=O)N(C)CCCBr)c1Cl. The van der Waals surface area contributed by atoms with E-state index in [2.05, 4.69) is 15.9 Å². The Morgan fingerprint density at radius 3 is 2.80 bits per heavy atom. The molecular weight excluding hydrogens is 298 g/mol. The van der Waals surface area contributed by atoms with E-state index >= 15 is 0 Å². The summed E-state index contributed by atoms with van der Waals surface area (Å²) >= 11 is 10.8. The third kappa shape index (κ3) is 3.20. The van der Waals surface area contributed by atoms with E-state index in [1.807, 2.05) is 12.3 Å². The molecule has 5 heteroatoms. The number of aryl methyl sites for hydroxylation is 1. The fraction of sp³-hybridized carbons (Fsp3) is 0.500. The maximum Gasteiger partial charge on any atom is 0.265 e. The Bertz CT molecular complexity index is 353. The summed E-state index contributed by atoms with van der Waals surface area (Å²) in [6.45, 7) is 2.66. The molecule has 0 N–H and O–H groups in total. The van der Waals surface area contributed by atoms with E-state index in [-0.39, 0.29) is 5.91 Å². The van der Waals surface area contributed by atoms with Crippen molar-refractivity contribution < 1.29 is 4.79 Å². The Morgan fingerprint density at radius 2 is 2.33 bits per heavy atom. The van der Waals surface area contributed by atoms with Gasteiger partial charge in [0.1, 0.15) is 4.88 Å². The molecule has 0 radical (unpaired) electrons. The first-order chi connectivity index (χ1) is 7.07. The zero-order valence-electron chi connectivity index (χ0n) is 8.72. The summed E-state index contributed by atoms with van der Waals surface area (Å²) in [5.41, 5.74) is 0.971. The number of halogens is 2. The van der Waals surface area contributed by atoms with Crippen LogP contribution in [0.3, 0.4) is 0 Å². The second-order valence-electron chi connectivity index (χ2n) is 3.33. The van der Waals surface area contributed by atoms with E-state index in [1.165, 1.54) is 11.3 Å². The van der Waals surface area contributed by atoms with Gasteiger partial charge in [0, 0.05) is 18.9 Å². The number of nitrogens with zero attached hydrogens (tertiary/aromatic N) is 1. The van der Waals surface area contributed by atoms with E-state index in [4.69, 9.17) is 11.6 Å². The third-order valence-electron chi connectivity index (χ3n) is 2.07. The maximum atomic E-state index is 11.9. The Hall–Kier alpha value is -0.0600. The van der Waals surface area contributed by atoms with Crippen LogP contribution in [0.2, 0.25) is 5.02 Å². The van der Waals surface area contributed by atoms with Gasteiger partial charge in [0.25, 0.3) is 5.91 Å². The van der Waals surface area contributed by atoms with E-state index in [0.29, 0.717) is 9.90 Å². The van der Waals surface area contributed by atoms with Crippen molar-refractivity contribution in [3.63, 3.8) is 0 Å². The maximum absolute atomic E-state index is 11.9. The van der Waals surface area contributed by atoms with Gasteiger partial charge in [-0.1, -0.05) is 27.5 Å². The van der Waals surface area contributed by atoms with Crippen molar-refractivity contribution in [3.05, 3.63) is 20.8 Å². The normalized spacial score (nSPS) is 10.4. The zero-order valence-corrected chi connectivity index (χ0v) is 11.9. The minimum absolute atomic E-state index is 0.0130. The molecule has 15 heavy (non-hydrogen) atoms. The van der Waals surface area contributed by atoms with Crippen LogP contribution in [0, 0.1) is 6.92 Å². The van der Waals surface area contributed by atoms with Crippen LogP contribution in [-0.4, -0.2) is 29.7 Å². The molecule has 0 aliphatic carbocycles.